The zero-order chi connectivity index (χ0) is 16.2. The Hall–Kier alpha value is -1.69. The molecule has 5 nitrogen and oxygen atoms in total. The van der Waals surface area contributed by atoms with Crippen LogP contribution in [0.25, 0.3) is 5.69 Å². The number of benzene rings is 1. The predicted octanol–water partition coefficient (Wildman–Crippen LogP) is 1.76. The van der Waals surface area contributed by atoms with Gasteiger partial charge in [0.25, 0.3) is 0 Å². The normalized spacial score (nSPS) is 21.4. The highest BCUT2D eigenvalue weighted by Crippen LogP contribution is 2.14. The third kappa shape index (κ3) is 4.19. The molecular formula is C18H26N4O. The highest BCUT2D eigenvalue weighted by Gasteiger charge is 2.24. The van der Waals surface area contributed by atoms with Crippen LogP contribution in [0.5, 0.6) is 0 Å². The van der Waals surface area contributed by atoms with Crippen molar-refractivity contribution in [2.24, 2.45) is 0 Å². The van der Waals surface area contributed by atoms with E-state index in [0.717, 1.165) is 44.1 Å². The summed E-state index contributed by atoms with van der Waals surface area (Å²) in [6, 6.07) is 12.8. The largest absolute Gasteiger partial charge is 0.392 e. The second-order valence-corrected chi connectivity index (χ2v) is 6.52. The summed E-state index contributed by atoms with van der Waals surface area (Å²) in [5.41, 5.74) is 2.19. The molecule has 23 heavy (non-hydrogen) atoms. The van der Waals surface area contributed by atoms with Gasteiger partial charge in [-0.15, -0.1) is 0 Å². The maximum absolute atomic E-state index is 9.57. The van der Waals surface area contributed by atoms with Crippen LogP contribution in [0.1, 0.15) is 19.5 Å². The Bertz CT molecular complexity index is 610. The Balaban J connectivity index is 1.58. The van der Waals surface area contributed by atoms with E-state index in [2.05, 4.69) is 40.0 Å². The van der Waals surface area contributed by atoms with E-state index in [1.54, 1.807) is 0 Å². The third-order valence-electron chi connectivity index (χ3n) is 4.40. The Morgan fingerprint density at radius 2 is 2.00 bits per heavy atom. The van der Waals surface area contributed by atoms with Gasteiger partial charge in [-0.2, -0.15) is 5.10 Å². The average Bonchev–Trinajstić information content (AvgIpc) is 2.99. The molecule has 1 saturated heterocycles. The van der Waals surface area contributed by atoms with E-state index >= 15 is 0 Å². The van der Waals surface area contributed by atoms with Crippen molar-refractivity contribution in [1.29, 1.82) is 0 Å². The smallest absolute Gasteiger partial charge is 0.0769 e. The summed E-state index contributed by atoms with van der Waals surface area (Å²) in [6.45, 7) is 8.78. The molecule has 124 valence electrons. The lowest BCUT2D eigenvalue weighted by molar-refractivity contribution is 0.0418. The summed E-state index contributed by atoms with van der Waals surface area (Å²) in [4.78, 5) is 4.81. The lowest BCUT2D eigenvalue weighted by atomic mass is 10.1. The molecular weight excluding hydrogens is 288 g/mol. The van der Waals surface area contributed by atoms with Crippen molar-refractivity contribution in [3.8, 4) is 5.69 Å². The highest BCUT2D eigenvalue weighted by molar-refractivity contribution is 5.30. The number of aliphatic hydroxyl groups is 1. The van der Waals surface area contributed by atoms with Gasteiger partial charge < -0.3 is 5.11 Å². The minimum absolute atomic E-state index is 0.259. The van der Waals surface area contributed by atoms with E-state index in [9.17, 15) is 5.11 Å². The quantitative estimate of drug-likeness (QED) is 0.913. The number of rotatable bonds is 5. The molecule has 0 radical (unpaired) electrons. The fourth-order valence-electron chi connectivity index (χ4n) is 3.22. The first-order chi connectivity index (χ1) is 11.1. The van der Waals surface area contributed by atoms with Gasteiger partial charge in [0.2, 0.25) is 0 Å². The van der Waals surface area contributed by atoms with Crippen molar-refractivity contribution in [1.82, 2.24) is 19.6 Å². The Morgan fingerprint density at radius 1 is 1.22 bits per heavy atom. The van der Waals surface area contributed by atoms with Gasteiger partial charge in [-0.05, 0) is 32.0 Å². The SMILES string of the molecule is C[C@H](O)CN1CCN(Cc2ccn(-c3ccccc3)n2)C[C@@H]1C. The van der Waals surface area contributed by atoms with E-state index in [1.165, 1.54) is 0 Å². The van der Waals surface area contributed by atoms with E-state index in [-0.39, 0.29) is 6.10 Å². The van der Waals surface area contributed by atoms with E-state index in [1.807, 2.05) is 36.0 Å². The Morgan fingerprint density at radius 3 is 2.70 bits per heavy atom. The molecule has 2 aromatic rings. The zero-order valence-electron chi connectivity index (χ0n) is 14.0. The van der Waals surface area contributed by atoms with Gasteiger partial charge in [-0.1, -0.05) is 18.2 Å². The molecule has 1 aliphatic rings. The molecule has 1 aromatic heterocycles. The van der Waals surface area contributed by atoms with Gasteiger partial charge in [0.1, 0.15) is 0 Å². The molecule has 5 heteroatoms. The fraction of sp³-hybridized carbons (Fsp3) is 0.500. The van der Waals surface area contributed by atoms with Crippen molar-refractivity contribution in [2.45, 2.75) is 32.5 Å². The maximum Gasteiger partial charge on any atom is 0.0769 e. The van der Waals surface area contributed by atoms with Crippen LogP contribution in [-0.4, -0.2) is 63.0 Å². The standard InChI is InChI=1S/C18H26N4O/c1-15-12-20(10-11-21(15)13-16(2)23)14-17-8-9-22(19-17)18-6-4-3-5-7-18/h3-9,15-16,23H,10-14H2,1-2H3/t15-,16-/m0/s1. The van der Waals surface area contributed by atoms with Crippen LogP contribution in [0.2, 0.25) is 0 Å². The molecule has 0 unspecified atom stereocenters. The molecule has 1 aromatic carbocycles. The van der Waals surface area contributed by atoms with Crippen LogP contribution in [0, 0.1) is 0 Å². The molecule has 1 aliphatic heterocycles. The van der Waals surface area contributed by atoms with Gasteiger partial charge in [-0.25, -0.2) is 4.68 Å². The number of β-amino-alcohol motifs (C(OH)–C–C–N with tert-alkyl or cyclic N) is 1. The lowest BCUT2D eigenvalue weighted by Gasteiger charge is -2.40. The minimum Gasteiger partial charge on any atom is -0.392 e. The minimum atomic E-state index is -0.259. The molecule has 1 fully saturated rings. The second-order valence-electron chi connectivity index (χ2n) is 6.52. The van der Waals surface area contributed by atoms with Gasteiger partial charge >= 0.3 is 0 Å². The molecule has 0 amide bonds. The fourth-order valence-corrected chi connectivity index (χ4v) is 3.22. The van der Waals surface area contributed by atoms with Crippen LogP contribution < -0.4 is 0 Å². The van der Waals surface area contributed by atoms with Crippen LogP contribution in [0.3, 0.4) is 0 Å². The highest BCUT2D eigenvalue weighted by atomic mass is 16.3. The zero-order valence-corrected chi connectivity index (χ0v) is 14.0. The number of nitrogens with zero attached hydrogens (tertiary/aromatic N) is 4. The molecule has 0 aliphatic carbocycles. The van der Waals surface area contributed by atoms with E-state index in [4.69, 9.17) is 0 Å². The molecule has 0 spiro atoms. The van der Waals surface area contributed by atoms with Crippen LogP contribution in [0.4, 0.5) is 0 Å². The van der Waals surface area contributed by atoms with Crippen LogP contribution >= 0.6 is 0 Å². The first-order valence-corrected chi connectivity index (χ1v) is 8.36. The van der Waals surface area contributed by atoms with Crippen molar-refractivity contribution in [2.75, 3.05) is 26.2 Å². The van der Waals surface area contributed by atoms with Gasteiger partial charge in [0, 0.05) is 45.0 Å². The first-order valence-electron chi connectivity index (χ1n) is 8.36. The van der Waals surface area contributed by atoms with Gasteiger partial charge in [0.15, 0.2) is 0 Å². The summed E-state index contributed by atoms with van der Waals surface area (Å²) in [6.07, 6.45) is 1.77. The summed E-state index contributed by atoms with van der Waals surface area (Å²) < 4.78 is 1.93. The van der Waals surface area contributed by atoms with Crippen molar-refractivity contribution >= 4 is 0 Å². The topological polar surface area (TPSA) is 44.5 Å². The number of para-hydroxylation sites is 1. The monoisotopic (exact) mass is 314 g/mol. The number of hydrogen-bond acceptors (Lipinski definition) is 4. The summed E-state index contributed by atoms with van der Waals surface area (Å²) in [5.74, 6) is 0. The summed E-state index contributed by atoms with van der Waals surface area (Å²) in [5, 5.41) is 14.3. The van der Waals surface area contributed by atoms with Crippen molar-refractivity contribution < 1.29 is 5.11 Å². The number of piperazine rings is 1. The van der Waals surface area contributed by atoms with Crippen molar-refractivity contribution in [3.05, 3.63) is 48.3 Å². The van der Waals surface area contributed by atoms with Crippen LogP contribution in [0.15, 0.2) is 42.6 Å². The van der Waals surface area contributed by atoms with Gasteiger partial charge in [0.05, 0.1) is 17.5 Å². The van der Waals surface area contributed by atoms with E-state index < -0.39 is 0 Å². The Labute approximate surface area is 138 Å². The molecule has 3 rings (SSSR count). The summed E-state index contributed by atoms with van der Waals surface area (Å²) in [7, 11) is 0. The maximum atomic E-state index is 9.57. The molecule has 2 heterocycles. The number of aliphatic hydroxyl groups excluding tert-OH is 1. The summed E-state index contributed by atoms with van der Waals surface area (Å²) >= 11 is 0. The average molecular weight is 314 g/mol. The molecule has 1 N–H and O–H groups in total. The molecule has 0 saturated carbocycles. The number of hydrogen-bond donors (Lipinski definition) is 1. The molecule has 0 bridgehead atoms. The first kappa shape index (κ1) is 16.2. The van der Waals surface area contributed by atoms with Crippen molar-refractivity contribution in [3.63, 3.8) is 0 Å². The van der Waals surface area contributed by atoms with Crippen LogP contribution in [-0.2, 0) is 6.54 Å². The lowest BCUT2D eigenvalue weighted by Crippen LogP contribution is -2.53. The third-order valence-corrected chi connectivity index (χ3v) is 4.40. The number of aromatic nitrogens is 2. The van der Waals surface area contributed by atoms with E-state index in [0.29, 0.717) is 6.04 Å². The molecule has 2 atom stereocenters. The Kier molecular flexibility index (Phi) is 5.10. The predicted molar refractivity (Wildman–Crippen MR) is 91.6 cm³/mol. The van der Waals surface area contributed by atoms with Gasteiger partial charge in [-0.3, -0.25) is 9.80 Å². The second kappa shape index (κ2) is 7.25.